The van der Waals surface area contributed by atoms with Crippen molar-refractivity contribution in [2.75, 3.05) is 42.7 Å². The van der Waals surface area contributed by atoms with Crippen LogP contribution in [-0.2, 0) is 47.6 Å². The molecular formula is C34H32O10. The van der Waals surface area contributed by atoms with Gasteiger partial charge in [0.2, 0.25) is 46.2 Å². The monoisotopic (exact) mass is 600 g/mol. The number of ether oxygens (including phenoxy) is 6. The van der Waals surface area contributed by atoms with Crippen LogP contribution in [0, 0.1) is 10.8 Å². The number of rotatable bonds is 8. The fraction of sp³-hybridized carbons (Fsp3) is 0.294. The van der Waals surface area contributed by atoms with Crippen LogP contribution in [0.15, 0.2) is 107 Å². The first-order valence-corrected chi connectivity index (χ1v) is 13.7. The van der Waals surface area contributed by atoms with Gasteiger partial charge in [-0.1, -0.05) is 60.7 Å². The molecule has 0 fully saturated rings. The Kier molecular flexibility index (Phi) is 7.94. The molecular weight excluding hydrogens is 568 g/mol. The second-order valence-electron chi connectivity index (χ2n) is 10.3. The Bertz CT molecular complexity index is 1470. The van der Waals surface area contributed by atoms with Crippen LogP contribution in [0.5, 0.6) is 0 Å². The summed E-state index contributed by atoms with van der Waals surface area (Å²) >= 11 is 0. The molecule has 0 N–H and O–H groups in total. The van der Waals surface area contributed by atoms with Gasteiger partial charge in [0, 0.05) is 11.8 Å². The van der Waals surface area contributed by atoms with E-state index in [1.165, 1.54) is 54.8 Å². The number of benzene rings is 2. The molecule has 0 unspecified atom stereocenters. The largest absolute Gasteiger partial charge is 0.500 e. The highest BCUT2D eigenvalue weighted by Crippen LogP contribution is 2.60. The highest BCUT2D eigenvalue weighted by molar-refractivity contribution is 6.30. The van der Waals surface area contributed by atoms with Crippen molar-refractivity contribution < 1.29 is 47.6 Å². The number of methoxy groups -OCH3 is 6. The molecule has 2 aromatic rings. The van der Waals surface area contributed by atoms with E-state index in [4.69, 9.17) is 28.4 Å². The van der Waals surface area contributed by atoms with Gasteiger partial charge in [-0.05, 0) is 23.3 Å². The summed E-state index contributed by atoms with van der Waals surface area (Å²) in [6, 6.07) is 17.4. The third kappa shape index (κ3) is 3.86. The minimum absolute atomic E-state index is 0.104. The van der Waals surface area contributed by atoms with Gasteiger partial charge >= 0.3 is 0 Å². The zero-order valence-electron chi connectivity index (χ0n) is 25.2. The van der Waals surface area contributed by atoms with Gasteiger partial charge in [-0.2, -0.15) is 0 Å². The molecule has 0 amide bonds. The van der Waals surface area contributed by atoms with Crippen LogP contribution in [0.1, 0.15) is 23.0 Å². The maximum atomic E-state index is 14.5. The third-order valence-corrected chi connectivity index (χ3v) is 8.59. The third-order valence-electron chi connectivity index (χ3n) is 8.59. The van der Waals surface area contributed by atoms with Gasteiger partial charge < -0.3 is 28.4 Å². The molecule has 3 aliphatic carbocycles. The van der Waals surface area contributed by atoms with Gasteiger partial charge in [0.15, 0.2) is 10.8 Å². The van der Waals surface area contributed by atoms with Crippen LogP contribution in [0.25, 0.3) is 0 Å². The molecule has 0 saturated carbocycles. The van der Waals surface area contributed by atoms with Crippen molar-refractivity contribution in [1.82, 2.24) is 0 Å². The number of hydrogen-bond donors (Lipinski definition) is 0. The molecule has 228 valence electrons. The predicted octanol–water partition coefficient (Wildman–Crippen LogP) is 3.91. The van der Waals surface area contributed by atoms with Crippen molar-refractivity contribution in [2.45, 2.75) is 11.8 Å². The molecule has 0 radical (unpaired) electrons. The van der Waals surface area contributed by atoms with Crippen molar-refractivity contribution in [3.8, 4) is 0 Å². The minimum atomic E-state index is -2.09. The number of carbonyl (C=O) groups excluding carboxylic acids is 4. The van der Waals surface area contributed by atoms with Gasteiger partial charge in [0.05, 0.1) is 42.7 Å². The second kappa shape index (κ2) is 11.5. The Balaban J connectivity index is 1.97. The van der Waals surface area contributed by atoms with Crippen molar-refractivity contribution in [3.05, 3.63) is 118 Å². The topological polar surface area (TPSA) is 124 Å². The zero-order chi connectivity index (χ0) is 31.8. The lowest BCUT2D eigenvalue weighted by atomic mass is 9.59. The molecule has 0 aromatic heterocycles. The summed E-state index contributed by atoms with van der Waals surface area (Å²) in [6.45, 7) is 0. The summed E-state index contributed by atoms with van der Waals surface area (Å²) in [5.74, 6) is -6.49. The van der Waals surface area contributed by atoms with Gasteiger partial charge in [0.25, 0.3) is 0 Å². The van der Waals surface area contributed by atoms with Crippen LogP contribution in [0.3, 0.4) is 0 Å². The van der Waals surface area contributed by atoms with Crippen molar-refractivity contribution in [1.29, 1.82) is 0 Å². The van der Waals surface area contributed by atoms with E-state index in [1.54, 1.807) is 60.7 Å². The van der Waals surface area contributed by atoms with Gasteiger partial charge in [0.1, 0.15) is 11.5 Å². The van der Waals surface area contributed by atoms with E-state index in [2.05, 4.69) is 0 Å². The summed E-state index contributed by atoms with van der Waals surface area (Å²) in [7, 11) is 7.73. The standard InChI is InChI=1S/C34H32O10/c1-39-23-17-21(19-13-9-7-10-14-19)34(31(37)27(43-5)28(44-6)32(34)38)24(40-2)18-22(20-15-11-8-12-16-20)33(23)29(35)25(41-3)26(42-4)30(33)36/h7-18,21-22H,1-6H3/b23-17-,24-18?/t21-,22-/m1/s1. The molecule has 0 aliphatic heterocycles. The first-order valence-electron chi connectivity index (χ1n) is 13.7. The van der Waals surface area contributed by atoms with Crippen LogP contribution in [-0.4, -0.2) is 65.8 Å². The maximum Gasteiger partial charge on any atom is 0.223 e. The summed E-state index contributed by atoms with van der Waals surface area (Å²) in [6.07, 6.45) is 2.95. The summed E-state index contributed by atoms with van der Waals surface area (Å²) in [5.41, 5.74) is -3.18. The van der Waals surface area contributed by atoms with Gasteiger partial charge in [-0.3, -0.25) is 19.2 Å². The first-order chi connectivity index (χ1) is 21.2. The number of hydrogen-bond acceptors (Lipinski definition) is 10. The van der Waals surface area contributed by atoms with Crippen molar-refractivity contribution >= 4 is 23.1 Å². The normalized spacial score (nSPS) is 23.7. The lowest BCUT2D eigenvalue weighted by molar-refractivity contribution is -0.137. The molecule has 2 spiro atoms. The minimum Gasteiger partial charge on any atom is -0.500 e. The number of ketones is 4. The molecule has 10 nitrogen and oxygen atoms in total. The summed E-state index contributed by atoms with van der Waals surface area (Å²) in [4.78, 5) is 58.1. The molecule has 2 atom stereocenters. The zero-order valence-corrected chi connectivity index (χ0v) is 25.2. The van der Waals surface area contributed by atoms with E-state index < -0.39 is 45.8 Å². The van der Waals surface area contributed by atoms with Crippen LogP contribution in [0.4, 0.5) is 0 Å². The average Bonchev–Trinajstić information content (AvgIpc) is 3.40. The fourth-order valence-electron chi connectivity index (χ4n) is 6.68. The van der Waals surface area contributed by atoms with E-state index >= 15 is 0 Å². The fourth-order valence-corrected chi connectivity index (χ4v) is 6.68. The SMILES string of the molecule is COC1=C[C@H](c2ccccc2)C2(C(=O)C(OC)=C(OC)C2=O)/C(OC)=C/[C@H](c2ccccc2)C12C(=O)C(OC)=C(OC)C2=O. The lowest BCUT2D eigenvalue weighted by Crippen LogP contribution is -2.49. The van der Waals surface area contributed by atoms with E-state index in [1.807, 2.05) is 0 Å². The molecule has 0 heterocycles. The maximum absolute atomic E-state index is 14.5. The van der Waals surface area contributed by atoms with Crippen molar-refractivity contribution in [2.24, 2.45) is 10.8 Å². The Labute approximate surface area is 254 Å². The smallest absolute Gasteiger partial charge is 0.223 e. The molecule has 0 bridgehead atoms. The predicted molar refractivity (Wildman–Crippen MR) is 156 cm³/mol. The highest BCUT2D eigenvalue weighted by Gasteiger charge is 2.69. The average molecular weight is 601 g/mol. The van der Waals surface area contributed by atoms with Gasteiger partial charge in [-0.15, -0.1) is 0 Å². The number of Topliss-reactive ketones (excluding diaryl/α,β-unsaturated/α-hetero) is 4. The molecule has 0 saturated heterocycles. The highest BCUT2D eigenvalue weighted by atomic mass is 16.5. The number of carbonyl (C=O) groups is 4. The van der Waals surface area contributed by atoms with E-state index in [9.17, 15) is 19.2 Å². The van der Waals surface area contributed by atoms with Crippen molar-refractivity contribution in [3.63, 3.8) is 0 Å². The summed E-state index contributed by atoms with van der Waals surface area (Å²) < 4.78 is 33.6. The lowest BCUT2D eigenvalue weighted by Gasteiger charge is -2.41. The number of allylic oxidation sites excluding steroid dienone is 8. The van der Waals surface area contributed by atoms with Crippen LogP contribution in [0.2, 0.25) is 0 Å². The van der Waals surface area contributed by atoms with E-state index in [-0.39, 0.29) is 34.6 Å². The van der Waals surface area contributed by atoms with E-state index in [0.717, 1.165) is 0 Å². The molecule has 3 aliphatic rings. The first kappa shape index (κ1) is 30.3. The second-order valence-corrected chi connectivity index (χ2v) is 10.3. The molecule has 44 heavy (non-hydrogen) atoms. The van der Waals surface area contributed by atoms with E-state index in [0.29, 0.717) is 11.1 Å². The summed E-state index contributed by atoms with van der Waals surface area (Å²) in [5, 5.41) is 0. The molecule has 10 heteroatoms. The van der Waals surface area contributed by atoms with Crippen LogP contribution >= 0.6 is 0 Å². The Morgan fingerprint density at radius 1 is 0.432 bits per heavy atom. The molecule has 5 rings (SSSR count). The Hall–Kier alpha value is -5.12. The van der Waals surface area contributed by atoms with Crippen LogP contribution < -0.4 is 0 Å². The molecule has 2 aromatic carbocycles. The Morgan fingerprint density at radius 3 is 0.932 bits per heavy atom. The Morgan fingerprint density at radius 2 is 0.705 bits per heavy atom. The quantitative estimate of drug-likeness (QED) is 0.412. The van der Waals surface area contributed by atoms with Gasteiger partial charge in [-0.25, -0.2) is 0 Å².